The molecule has 0 aliphatic heterocycles. The second-order valence-corrected chi connectivity index (χ2v) is 18.7. The van der Waals surface area contributed by atoms with Crippen LogP contribution in [0.4, 0.5) is 17.6 Å². The molecule has 13 heteroatoms. The van der Waals surface area contributed by atoms with Crippen LogP contribution in [0.25, 0.3) is 0 Å². The minimum atomic E-state index is -1.68. The lowest BCUT2D eigenvalue weighted by Crippen LogP contribution is -2.30. The average molecular weight is 951 g/mol. The fraction of sp³-hybridized carbons (Fsp3) is 0.519. The summed E-state index contributed by atoms with van der Waals surface area (Å²) in [4.78, 5) is 23.7. The maximum absolute atomic E-state index is 15.6. The first-order chi connectivity index (χ1) is 31.8. The molecule has 2 atom stereocenters. The first-order valence-electron chi connectivity index (χ1n) is 23.5. The van der Waals surface area contributed by atoms with Crippen molar-refractivity contribution in [3.63, 3.8) is 0 Å². The predicted molar refractivity (Wildman–Crippen MR) is 254 cm³/mol. The van der Waals surface area contributed by atoms with Gasteiger partial charge in [0.1, 0.15) is 46.0 Å². The molecule has 4 fully saturated rings. The summed E-state index contributed by atoms with van der Waals surface area (Å²) in [6, 6.07) is 24.4. The number of ether oxygens (including phenoxy) is 6. The van der Waals surface area contributed by atoms with Gasteiger partial charge in [-0.3, -0.25) is 9.59 Å². The number of benzene rings is 4. The van der Waals surface area contributed by atoms with E-state index in [2.05, 4.69) is 0 Å². The Morgan fingerprint density at radius 3 is 1.24 bits per heavy atom. The number of hydrogen-bond donors (Lipinski definition) is 0. The van der Waals surface area contributed by atoms with Gasteiger partial charge in [0.25, 0.3) is 0 Å². The highest BCUT2D eigenvalue weighted by atomic mass is 32.1. The van der Waals surface area contributed by atoms with E-state index in [0.29, 0.717) is 75.1 Å². The Balaban J connectivity index is 0.000000218. The number of carbonyl (C=O) groups is 2. The Labute approximate surface area is 399 Å². The fourth-order valence-electron chi connectivity index (χ4n) is 9.83. The van der Waals surface area contributed by atoms with Crippen LogP contribution in [-0.4, -0.2) is 53.6 Å². The third-order valence-corrected chi connectivity index (χ3v) is 14.3. The average Bonchev–Trinajstić information content (AvgIpc) is 4.29. The van der Waals surface area contributed by atoms with E-state index >= 15 is 8.78 Å². The summed E-state index contributed by atoms with van der Waals surface area (Å²) < 4.78 is 92.0. The molecular formula is C54H66F4O8S. The van der Waals surface area contributed by atoms with Gasteiger partial charge in [-0.2, -0.15) is 13.5 Å². The number of carbonyl (C=O) groups excluding carboxylic acids is 2. The van der Waals surface area contributed by atoms with E-state index in [-0.39, 0.29) is 85.9 Å². The lowest BCUT2D eigenvalue weighted by Gasteiger charge is -2.34. The molecule has 0 spiro atoms. The third kappa shape index (κ3) is 13.6. The first-order valence-corrected chi connectivity index (χ1v) is 23.5. The van der Waals surface area contributed by atoms with Crippen LogP contribution in [0.3, 0.4) is 0 Å². The zero-order valence-electron chi connectivity index (χ0n) is 39.1. The van der Waals surface area contributed by atoms with Crippen LogP contribution in [0.1, 0.15) is 124 Å². The number of hydrogen-bond acceptors (Lipinski definition) is 8. The van der Waals surface area contributed by atoms with E-state index in [9.17, 15) is 18.4 Å². The Morgan fingerprint density at radius 2 is 0.910 bits per heavy atom. The lowest BCUT2D eigenvalue weighted by molar-refractivity contribution is -0.142. The molecule has 4 aromatic rings. The monoisotopic (exact) mass is 950 g/mol. The molecule has 4 aliphatic carbocycles. The van der Waals surface area contributed by atoms with Crippen molar-refractivity contribution in [2.24, 2.45) is 23.7 Å². The molecule has 0 N–H and O–H groups in total. The third-order valence-electron chi connectivity index (χ3n) is 14.3. The van der Waals surface area contributed by atoms with Crippen molar-refractivity contribution in [1.29, 1.82) is 0 Å². The van der Waals surface area contributed by atoms with Gasteiger partial charge in [0.05, 0.1) is 54.5 Å². The van der Waals surface area contributed by atoms with Gasteiger partial charge in [-0.1, -0.05) is 24.3 Å². The van der Waals surface area contributed by atoms with Gasteiger partial charge in [-0.25, -0.2) is 17.6 Å². The van der Waals surface area contributed by atoms with Crippen LogP contribution in [0, 0.1) is 35.3 Å². The molecule has 0 bridgehead atoms. The summed E-state index contributed by atoms with van der Waals surface area (Å²) in [6.07, 6.45) is 8.83. The van der Waals surface area contributed by atoms with Crippen molar-refractivity contribution in [2.45, 2.75) is 113 Å². The van der Waals surface area contributed by atoms with Crippen LogP contribution in [0.15, 0.2) is 84.9 Å². The molecule has 4 aromatic carbocycles. The molecule has 8 nitrogen and oxygen atoms in total. The molecular weight excluding hydrogens is 885 g/mol. The molecule has 0 saturated heterocycles. The van der Waals surface area contributed by atoms with Crippen molar-refractivity contribution < 1.29 is 55.6 Å². The van der Waals surface area contributed by atoms with E-state index in [1.165, 1.54) is 64.8 Å². The number of rotatable bonds is 18. The number of methoxy groups -OCH3 is 4. The quantitative estimate of drug-likeness (QED) is 0.0720. The zero-order valence-corrected chi connectivity index (χ0v) is 40.1. The minimum absolute atomic E-state index is 0. The number of alkyl halides is 2. The maximum Gasteiger partial charge on any atom is 0.306 e. The maximum atomic E-state index is 15.6. The summed E-state index contributed by atoms with van der Waals surface area (Å²) in [5.74, 6) is 2.78. The van der Waals surface area contributed by atoms with Crippen LogP contribution < -0.4 is 18.9 Å². The Bertz CT molecular complexity index is 2090. The summed E-state index contributed by atoms with van der Waals surface area (Å²) in [7, 11) is 5.83. The Hall–Kier alpha value is -4.91. The molecule has 0 radical (unpaired) electrons. The summed E-state index contributed by atoms with van der Waals surface area (Å²) in [6.45, 7) is 0.983. The first kappa shape index (κ1) is 51.5. The molecule has 0 amide bonds. The fourth-order valence-corrected chi connectivity index (χ4v) is 9.83. The molecule has 67 heavy (non-hydrogen) atoms. The molecule has 0 unspecified atom stereocenters. The SMILES string of the molecule is COC(=O)C[C@H](c1cccc(OCC2CCC(F)(c3cc(OC)ccc3F)CC2)c1)C1CC1.COC(=O)C[C@H](c1cccc(OCC2CCC(F)(c3cc(OC)ccc3F)CC2)c1)C1CC1.S. The molecule has 364 valence electrons. The van der Waals surface area contributed by atoms with E-state index in [4.69, 9.17) is 28.4 Å². The van der Waals surface area contributed by atoms with Gasteiger partial charge in [0.15, 0.2) is 0 Å². The van der Waals surface area contributed by atoms with Crippen LogP contribution in [-0.2, 0) is 30.4 Å². The van der Waals surface area contributed by atoms with Gasteiger partial charge in [-0.05, 0) is 184 Å². The van der Waals surface area contributed by atoms with Gasteiger partial charge in [0.2, 0.25) is 0 Å². The van der Waals surface area contributed by atoms with E-state index < -0.39 is 23.0 Å². The molecule has 0 aromatic heterocycles. The molecule has 4 aliphatic rings. The predicted octanol–water partition coefficient (Wildman–Crippen LogP) is 12.8. The van der Waals surface area contributed by atoms with Crippen molar-refractivity contribution in [2.75, 3.05) is 41.7 Å². The number of esters is 2. The lowest BCUT2D eigenvalue weighted by atomic mass is 9.76. The van der Waals surface area contributed by atoms with Gasteiger partial charge >= 0.3 is 11.9 Å². The van der Waals surface area contributed by atoms with Crippen molar-refractivity contribution >= 4 is 25.4 Å². The van der Waals surface area contributed by atoms with Crippen LogP contribution >= 0.6 is 13.5 Å². The largest absolute Gasteiger partial charge is 0.497 e. The van der Waals surface area contributed by atoms with E-state index in [1.54, 1.807) is 0 Å². The van der Waals surface area contributed by atoms with Crippen LogP contribution in [0.2, 0.25) is 0 Å². The summed E-state index contributed by atoms with van der Waals surface area (Å²) in [5, 5.41) is 0. The number of halogens is 4. The molecule has 8 rings (SSSR count). The van der Waals surface area contributed by atoms with Gasteiger partial charge in [-0.15, -0.1) is 0 Å². The zero-order chi connectivity index (χ0) is 46.8. The highest BCUT2D eigenvalue weighted by Crippen LogP contribution is 2.48. The summed E-state index contributed by atoms with van der Waals surface area (Å²) in [5.41, 5.74) is -0.988. The van der Waals surface area contributed by atoms with Crippen molar-refractivity contribution in [1.82, 2.24) is 0 Å². The standard InChI is InChI=1S/2C27H32F2O4.H2S/c2*1-31-21-8-9-25(28)24(15-21)27(29)12-10-18(11-13-27)17-33-22-5-3-4-20(14-22)23(19-6-7-19)16-26(30)32-2;/h2*3-5,8-9,14-15,18-19,23H,6-7,10-13,16-17H2,1-2H3;1H2/t2*18?,23-,27?;/m00./s1. The van der Waals surface area contributed by atoms with Gasteiger partial charge < -0.3 is 28.4 Å². The second kappa shape index (κ2) is 23.4. The van der Waals surface area contributed by atoms with Crippen molar-refractivity contribution in [3.05, 3.63) is 119 Å². The van der Waals surface area contributed by atoms with E-state index in [1.807, 2.05) is 48.5 Å². The second-order valence-electron chi connectivity index (χ2n) is 18.7. The van der Waals surface area contributed by atoms with Gasteiger partial charge in [0, 0.05) is 11.1 Å². The summed E-state index contributed by atoms with van der Waals surface area (Å²) >= 11 is 0. The Morgan fingerprint density at radius 1 is 0.537 bits per heavy atom. The van der Waals surface area contributed by atoms with E-state index in [0.717, 1.165) is 48.3 Å². The highest BCUT2D eigenvalue weighted by molar-refractivity contribution is 7.59. The molecule has 0 heterocycles. The van der Waals surface area contributed by atoms with Crippen molar-refractivity contribution in [3.8, 4) is 23.0 Å². The normalized spacial score (nSPS) is 23.2. The Kier molecular flexibility index (Phi) is 18.0. The smallest absolute Gasteiger partial charge is 0.306 e. The van der Waals surface area contributed by atoms with Crippen LogP contribution in [0.5, 0.6) is 23.0 Å². The highest BCUT2D eigenvalue weighted by Gasteiger charge is 2.41. The topological polar surface area (TPSA) is 89.5 Å². The molecule has 4 saturated carbocycles. The minimum Gasteiger partial charge on any atom is -0.497 e.